The molecule has 0 aliphatic heterocycles. The van der Waals surface area contributed by atoms with Gasteiger partial charge in [0.1, 0.15) is 19.3 Å². The summed E-state index contributed by atoms with van der Waals surface area (Å²) >= 11 is 0. The van der Waals surface area contributed by atoms with Crippen LogP contribution < -0.4 is 0 Å². The van der Waals surface area contributed by atoms with E-state index >= 15 is 0 Å². The first-order valence-electron chi connectivity index (χ1n) is 43.7. The van der Waals surface area contributed by atoms with Gasteiger partial charge in [-0.1, -0.05) is 401 Å². The molecule has 17 nitrogen and oxygen atoms in total. The van der Waals surface area contributed by atoms with Crippen molar-refractivity contribution < 1.29 is 80.2 Å². The van der Waals surface area contributed by atoms with E-state index in [2.05, 4.69) is 34.6 Å². The molecule has 0 amide bonds. The largest absolute Gasteiger partial charge is 0.472 e. The van der Waals surface area contributed by atoms with Crippen LogP contribution in [0.1, 0.15) is 452 Å². The molecule has 0 aliphatic carbocycles. The summed E-state index contributed by atoms with van der Waals surface area (Å²) in [5.41, 5.74) is 0. The molecular formula is C84H164O17P2. The van der Waals surface area contributed by atoms with Crippen LogP contribution in [0.4, 0.5) is 0 Å². The zero-order valence-electron chi connectivity index (χ0n) is 67.5. The summed E-state index contributed by atoms with van der Waals surface area (Å²) in [4.78, 5) is 72.9. The number of ether oxygens (including phenoxy) is 4. The molecule has 3 N–H and O–H groups in total. The number of hydrogen-bond donors (Lipinski definition) is 3. The van der Waals surface area contributed by atoms with E-state index in [-0.39, 0.29) is 25.7 Å². The second-order valence-corrected chi connectivity index (χ2v) is 33.4. The lowest BCUT2D eigenvalue weighted by molar-refractivity contribution is -0.161. The lowest BCUT2D eigenvalue weighted by Gasteiger charge is -2.21. The number of esters is 4. The van der Waals surface area contributed by atoms with Gasteiger partial charge in [-0.3, -0.25) is 37.3 Å². The Balaban J connectivity index is 5.14. The number of aliphatic hydroxyl groups excluding tert-OH is 1. The first kappa shape index (κ1) is 101. The van der Waals surface area contributed by atoms with Crippen LogP contribution in [-0.2, 0) is 65.4 Å². The molecule has 6 atom stereocenters. The van der Waals surface area contributed by atoms with Crippen LogP contribution in [0.25, 0.3) is 0 Å². The Morgan fingerprint density at radius 3 is 0.689 bits per heavy atom. The minimum absolute atomic E-state index is 0.107. The highest BCUT2D eigenvalue weighted by Gasteiger charge is 2.30. The van der Waals surface area contributed by atoms with Crippen molar-refractivity contribution in [3.63, 3.8) is 0 Å². The lowest BCUT2D eigenvalue weighted by atomic mass is 9.99. The van der Waals surface area contributed by atoms with Gasteiger partial charge in [-0.15, -0.1) is 0 Å². The van der Waals surface area contributed by atoms with Crippen molar-refractivity contribution in [3.05, 3.63) is 0 Å². The maximum atomic E-state index is 13.1. The third-order valence-corrected chi connectivity index (χ3v) is 22.0. The van der Waals surface area contributed by atoms with Crippen molar-refractivity contribution >= 4 is 39.5 Å². The van der Waals surface area contributed by atoms with Crippen LogP contribution in [0, 0.1) is 5.92 Å². The minimum atomic E-state index is -4.96. The molecular weight excluding hydrogens is 1340 g/mol. The molecule has 0 heterocycles. The Hall–Kier alpha value is -1.94. The summed E-state index contributed by atoms with van der Waals surface area (Å²) < 4.78 is 68.7. The van der Waals surface area contributed by atoms with Gasteiger partial charge in [0, 0.05) is 25.7 Å². The van der Waals surface area contributed by atoms with Gasteiger partial charge >= 0.3 is 39.5 Å². The van der Waals surface area contributed by atoms with Crippen LogP contribution in [0.3, 0.4) is 0 Å². The quantitative estimate of drug-likeness (QED) is 0.0222. The molecule has 19 heteroatoms. The molecule has 0 rings (SSSR count). The highest BCUT2D eigenvalue weighted by atomic mass is 31.2. The summed E-state index contributed by atoms with van der Waals surface area (Å²) in [6.07, 6.45) is 69.6. The molecule has 103 heavy (non-hydrogen) atoms. The second-order valence-electron chi connectivity index (χ2n) is 30.5. The van der Waals surface area contributed by atoms with Gasteiger partial charge in [0.25, 0.3) is 0 Å². The smallest absolute Gasteiger partial charge is 0.462 e. The molecule has 612 valence electrons. The van der Waals surface area contributed by atoms with E-state index in [0.717, 1.165) is 95.8 Å². The molecule has 0 saturated heterocycles. The monoisotopic (exact) mass is 1510 g/mol. The first-order chi connectivity index (χ1) is 50.1. The van der Waals surface area contributed by atoms with Gasteiger partial charge in [0.05, 0.1) is 26.4 Å². The number of carbonyl (C=O) groups is 4. The van der Waals surface area contributed by atoms with Gasteiger partial charge in [0.15, 0.2) is 12.2 Å². The number of hydrogen-bond acceptors (Lipinski definition) is 15. The van der Waals surface area contributed by atoms with Crippen molar-refractivity contribution in [2.24, 2.45) is 5.92 Å². The molecule has 0 spiro atoms. The van der Waals surface area contributed by atoms with E-state index in [9.17, 15) is 43.2 Å². The van der Waals surface area contributed by atoms with Crippen LogP contribution in [0.2, 0.25) is 0 Å². The fourth-order valence-electron chi connectivity index (χ4n) is 13.1. The third kappa shape index (κ3) is 76.6. The Labute approximate surface area is 632 Å². The first-order valence-corrected chi connectivity index (χ1v) is 46.7. The SMILES string of the molecule is CCCCCCCCCCCCCCCCCCCCCCCCC(=O)OC[C@H](COP(=O)(O)OC[C@@H](O)COP(=O)(O)OC[C@@H](COC(=O)CCCCCCCCCCC)OC(=O)CCCCCCCCCCCC)OC(=O)CCCCCCCCCCCCCCCCCCCCC(C)CC. The van der Waals surface area contributed by atoms with Crippen LogP contribution in [0.5, 0.6) is 0 Å². The van der Waals surface area contributed by atoms with Crippen LogP contribution in [0.15, 0.2) is 0 Å². The molecule has 0 aliphatic rings. The molecule has 0 aromatic rings. The second kappa shape index (κ2) is 76.8. The molecule has 0 aromatic heterocycles. The van der Waals surface area contributed by atoms with Gasteiger partial charge in [-0.05, 0) is 31.6 Å². The van der Waals surface area contributed by atoms with E-state index < -0.39 is 97.5 Å². The van der Waals surface area contributed by atoms with Crippen molar-refractivity contribution in [1.29, 1.82) is 0 Å². The third-order valence-electron chi connectivity index (χ3n) is 20.1. The number of phosphoric ester groups is 2. The van der Waals surface area contributed by atoms with Gasteiger partial charge in [-0.25, -0.2) is 9.13 Å². The Bertz CT molecular complexity index is 1960. The average Bonchev–Trinajstić information content (AvgIpc) is 0.915. The fraction of sp³-hybridized carbons (Fsp3) is 0.952. The van der Waals surface area contributed by atoms with E-state index in [1.54, 1.807) is 0 Å². The van der Waals surface area contributed by atoms with Gasteiger partial charge in [-0.2, -0.15) is 0 Å². The highest BCUT2D eigenvalue weighted by molar-refractivity contribution is 7.47. The van der Waals surface area contributed by atoms with E-state index in [4.69, 9.17) is 37.0 Å². The van der Waals surface area contributed by atoms with Crippen molar-refractivity contribution in [1.82, 2.24) is 0 Å². The number of rotatable bonds is 84. The predicted octanol–water partition coefficient (Wildman–Crippen LogP) is 25.6. The van der Waals surface area contributed by atoms with Crippen molar-refractivity contribution in [3.8, 4) is 0 Å². The van der Waals surface area contributed by atoms with Crippen LogP contribution in [-0.4, -0.2) is 96.7 Å². The summed E-state index contributed by atoms with van der Waals surface area (Å²) in [7, 11) is -9.91. The Morgan fingerprint density at radius 2 is 0.466 bits per heavy atom. The van der Waals surface area contributed by atoms with Gasteiger partial charge < -0.3 is 33.8 Å². The normalized spacial score (nSPS) is 14.1. The summed E-state index contributed by atoms with van der Waals surface area (Å²) in [6.45, 7) is 7.38. The van der Waals surface area contributed by atoms with Gasteiger partial charge in [0.2, 0.25) is 0 Å². The molecule has 3 unspecified atom stereocenters. The molecule has 0 fully saturated rings. The number of phosphoric acid groups is 2. The van der Waals surface area contributed by atoms with Crippen LogP contribution >= 0.6 is 15.6 Å². The lowest BCUT2D eigenvalue weighted by Crippen LogP contribution is -2.30. The molecule has 0 aromatic carbocycles. The summed E-state index contributed by atoms with van der Waals surface area (Å²) in [5, 5.41) is 10.6. The zero-order chi connectivity index (χ0) is 75.5. The summed E-state index contributed by atoms with van der Waals surface area (Å²) in [5.74, 6) is -1.24. The molecule has 0 saturated carbocycles. The Morgan fingerprint density at radius 1 is 0.272 bits per heavy atom. The minimum Gasteiger partial charge on any atom is -0.462 e. The Kier molecular flexibility index (Phi) is 75.4. The van der Waals surface area contributed by atoms with E-state index in [1.807, 2.05) is 0 Å². The number of carbonyl (C=O) groups excluding carboxylic acids is 4. The number of aliphatic hydroxyl groups is 1. The molecule has 0 radical (unpaired) electrons. The molecule has 0 bridgehead atoms. The number of unbranched alkanes of at least 4 members (excludes halogenated alkanes) is 55. The summed E-state index contributed by atoms with van der Waals surface area (Å²) in [6, 6.07) is 0. The predicted molar refractivity (Wildman–Crippen MR) is 423 cm³/mol. The standard InChI is InChI=1S/C84H164O17P2/c1-6-10-13-16-19-22-24-25-26-27-28-29-30-31-35-38-41-44-49-53-58-63-68-82(87)95-74-80(101-84(89)70-65-60-55-50-45-42-39-36-33-32-34-37-40-43-47-51-56-61-66-77(5)9-4)76-99-103(92,93)97-72-78(85)71-96-102(90,91)98-75-79(73-94-81(86)67-62-57-52-46-21-18-15-12-8-3)100-83(88)69-64-59-54-48-23-20-17-14-11-7-2/h77-80,85H,6-76H2,1-5H3,(H,90,91)(H,92,93)/t77?,78-,79+,80+/m0/s1. The highest BCUT2D eigenvalue weighted by Crippen LogP contribution is 2.45. The maximum Gasteiger partial charge on any atom is 0.472 e. The van der Waals surface area contributed by atoms with E-state index in [0.29, 0.717) is 25.7 Å². The zero-order valence-corrected chi connectivity index (χ0v) is 69.3. The average molecular weight is 1510 g/mol. The fourth-order valence-corrected chi connectivity index (χ4v) is 14.7. The maximum absolute atomic E-state index is 13.1. The van der Waals surface area contributed by atoms with Crippen molar-refractivity contribution in [2.45, 2.75) is 470 Å². The van der Waals surface area contributed by atoms with E-state index in [1.165, 1.54) is 276 Å². The van der Waals surface area contributed by atoms with Crippen molar-refractivity contribution in [2.75, 3.05) is 39.6 Å². The topological polar surface area (TPSA) is 237 Å².